The van der Waals surface area contributed by atoms with Crippen molar-refractivity contribution in [3.8, 4) is 17.0 Å². The van der Waals surface area contributed by atoms with Gasteiger partial charge in [0.15, 0.2) is 0 Å². The minimum Gasteiger partial charge on any atom is -0.494 e. The van der Waals surface area contributed by atoms with Crippen LogP contribution in [0.5, 0.6) is 5.75 Å². The van der Waals surface area contributed by atoms with E-state index in [1.807, 2.05) is 24.3 Å². The second kappa shape index (κ2) is 4.78. The Labute approximate surface area is 100.0 Å². The number of nitrogens with zero attached hydrogens (tertiary/aromatic N) is 2. The Hall–Kier alpha value is -2.17. The summed E-state index contributed by atoms with van der Waals surface area (Å²) in [6.45, 7) is 2.80. The lowest BCUT2D eigenvalue weighted by molar-refractivity contribution is 0.317. The summed E-state index contributed by atoms with van der Waals surface area (Å²) >= 11 is 0. The second-order valence-corrected chi connectivity index (χ2v) is 3.76. The van der Waals surface area contributed by atoms with Gasteiger partial charge in [0, 0.05) is 5.56 Å². The lowest BCUT2D eigenvalue weighted by atomic mass is 10.2. The molecule has 2 rings (SSSR count). The van der Waals surface area contributed by atoms with E-state index in [0.717, 1.165) is 30.0 Å². The molecule has 1 aromatic heterocycles. The lowest BCUT2D eigenvalue weighted by Crippen LogP contribution is -2.09. The quantitative estimate of drug-likeness (QED) is 0.785. The average molecular weight is 232 g/mol. The minimum atomic E-state index is 0.298. The van der Waals surface area contributed by atoms with Crippen molar-refractivity contribution in [2.75, 3.05) is 18.2 Å². The summed E-state index contributed by atoms with van der Waals surface area (Å²) in [5, 5.41) is 0. The van der Waals surface area contributed by atoms with Gasteiger partial charge >= 0.3 is 0 Å². The number of nitrogens with two attached hydrogens (primary N) is 2. The van der Waals surface area contributed by atoms with Crippen LogP contribution in [0.2, 0.25) is 0 Å². The third kappa shape index (κ3) is 2.50. The molecule has 1 aromatic carbocycles. The highest BCUT2D eigenvalue weighted by Crippen LogP contribution is 2.21. The van der Waals surface area contributed by atoms with Gasteiger partial charge in [-0.1, -0.05) is 6.92 Å². The molecule has 0 radical (unpaired) electrons. The highest BCUT2D eigenvalue weighted by atomic mass is 16.5. The van der Waals surface area contributed by atoms with E-state index < -0.39 is 0 Å². The Morgan fingerprint density at radius 2 is 2.00 bits per heavy atom. The molecular formula is C12H16N4O. The summed E-state index contributed by atoms with van der Waals surface area (Å²) in [5.41, 5.74) is 7.30. The number of nitrogen functional groups attached to an aromatic ring is 2. The summed E-state index contributed by atoms with van der Waals surface area (Å²) in [7, 11) is 0. The monoisotopic (exact) mass is 232 g/mol. The zero-order chi connectivity index (χ0) is 12.3. The van der Waals surface area contributed by atoms with E-state index >= 15 is 0 Å². The first-order valence-electron chi connectivity index (χ1n) is 5.54. The Balaban J connectivity index is 2.17. The molecule has 5 heteroatoms. The Morgan fingerprint density at radius 1 is 1.29 bits per heavy atom. The van der Waals surface area contributed by atoms with Crippen LogP contribution < -0.4 is 16.3 Å². The maximum absolute atomic E-state index is 5.58. The molecule has 90 valence electrons. The topological polar surface area (TPSA) is 79.1 Å². The molecule has 0 aliphatic carbocycles. The van der Waals surface area contributed by atoms with Crippen LogP contribution in [-0.4, -0.2) is 16.3 Å². The van der Waals surface area contributed by atoms with Gasteiger partial charge in [-0.2, -0.15) is 0 Å². The fourth-order valence-corrected chi connectivity index (χ4v) is 1.49. The first-order chi connectivity index (χ1) is 8.20. The van der Waals surface area contributed by atoms with Gasteiger partial charge in [0.2, 0.25) is 5.95 Å². The van der Waals surface area contributed by atoms with E-state index in [4.69, 9.17) is 16.3 Å². The lowest BCUT2D eigenvalue weighted by Gasteiger charge is -2.04. The van der Waals surface area contributed by atoms with Crippen LogP contribution in [0.1, 0.15) is 13.3 Å². The van der Waals surface area contributed by atoms with E-state index in [2.05, 4.69) is 11.9 Å². The van der Waals surface area contributed by atoms with Crippen molar-refractivity contribution in [2.24, 2.45) is 0 Å². The molecule has 0 spiro atoms. The standard InChI is InChI=1S/C12H16N4O/c1-2-7-17-10-5-3-9(4-6-10)11-8-16(14)12(13)15-11/h3-6,8H,2,7,14H2,1H3,(H2,13,15). The van der Waals surface area contributed by atoms with Crippen LogP contribution in [0.25, 0.3) is 11.3 Å². The van der Waals surface area contributed by atoms with Crippen LogP contribution in [-0.2, 0) is 0 Å². The number of hydrogen-bond donors (Lipinski definition) is 2. The number of ether oxygens (including phenoxy) is 1. The Bertz CT molecular complexity index is 470. The number of rotatable bonds is 4. The van der Waals surface area contributed by atoms with Crippen LogP contribution in [0.4, 0.5) is 5.95 Å². The first kappa shape index (κ1) is 11.3. The molecule has 17 heavy (non-hydrogen) atoms. The fraction of sp³-hybridized carbons (Fsp3) is 0.250. The van der Waals surface area contributed by atoms with Gasteiger partial charge in [-0.3, -0.25) is 0 Å². The SMILES string of the molecule is CCCOc1ccc(-c2cn(N)c(N)n2)cc1. The smallest absolute Gasteiger partial charge is 0.219 e. The number of aromatic nitrogens is 2. The maximum atomic E-state index is 5.58. The van der Waals surface area contributed by atoms with Crippen molar-refractivity contribution in [3.05, 3.63) is 30.5 Å². The molecule has 0 fully saturated rings. The Morgan fingerprint density at radius 3 is 2.53 bits per heavy atom. The third-order valence-electron chi connectivity index (χ3n) is 2.38. The zero-order valence-electron chi connectivity index (χ0n) is 9.76. The summed E-state index contributed by atoms with van der Waals surface area (Å²) in [4.78, 5) is 4.15. The normalized spacial score (nSPS) is 10.4. The molecule has 0 amide bonds. The minimum absolute atomic E-state index is 0.298. The number of benzene rings is 1. The second-order valence-electron chi connectivity index (χ2n) is 3.76. The van der Waals surface area contributed by atoms with Crippen molar-refractivity contribution in [1.82, 2.24) is 9.66 Å². The summed E-state index contributed by atoms with van der Waals surface area (Å²) in [6.07, 6.45) is 2.69. The summed E-state index contributed by atoms with van der Waals surface area (Å²) in [5.74, 6) is 6.73. The molecule has 5 nitrogen and oxygen atoms in total. The zero-order valence-corrected chi connectivity index (χ0v) is 9.76. The molecule has 0 unspecified atom stereocenters. The van der Waals surface area contributed by atoms with Crippen LogP contribution in [0.15, 0.2) is 30.5 Å². The molecule has 1 heterocycles. The van der Waals surface area contributed by atoms with Crippen molar-refractivity contribution < 1.29 is 4.74 Å². The van der Waals surface area contributed by atoms with Gasteiger partial charge in [0.1, 0.15) is 5.75 Å². The van der Waals surface area contributed by atoms with E-state index in [1.54, 1.807) is 6.20 Å². The van der Waals surface area contributed by atoms with Crippen molar-refractivity contribution in [3.63, 3.8) is 0 Å². The maximum Gasteiger partial charge on any atom is 0.219 e. The van der Waals surface area contributed by atoms with Gasteiger partial charge in [0.05, 0.1) is 18.5 Å². The average Bonchev–Trinajstić information content (AvgIpc) is 2.68. The van der Waals surface area contributed by atoms with Gasteiger partial charge in [-0.25, -0.2) is 9.66 Å². The predicted octanol–water partition coefficient (Wildman–Crippen LogP) is 1.63. The van der Waals surface area contributed by atoms with E-state index in [-0.39, 0.29) is 0 Å². The van der Waals surface area contributed by atoms with Crippen molar-refractivity contribution in [1.29, 1.82) is 0 Å². The summed E-state index contributed by atoms with van der Waals surface area (Å²) < 4.78 is 6.80. The van der Waals surface area contributed by atoms with Gasteiger partial charge in [-0.15, -0.1) is 0 Å². The van der Waals surface area contributed by atoms with Gasteiger partial charge in [-0.05, 0) is 30.7 Å². The van der Waals surface area contributed by atoms with Gasteiger partial charge < -0.3 is 16.3 Å². The molecule has 0 bridgehead atoms. The van der Waals surface area contributed by atoms with Gasteiger partial charge in [0.25, 0.3) is 0 Å². The molecule has 0 atom stereocenters. The van der Waals surface area contributed by atoms with E-state index in [9.17, 15) is 0 Å². The highest BCUT2D eigenvalue weighted by Gasteiger charge is 2.05. The molecule has 0 saturated carbocycles. The molecular weight excluding hydrogens is 216 g/mol. The van der Waals surface area contributed by atoms with E-state index in [0.29, 0.717) is 5.95 Å². The highest BCUT2D eigenvalue weighted by molar-refractivity contribution is 5.61. The number of anilines is 1. The number of hydrogen-bond acceptors (Lipinski definition) is 4. The summed E-state index contributed by atoms with van der Waals surface area (Å²) in [6, 6.07) is 7.70. The van der Waals surface area contributed by atoms with Crippen LogP contribution in [0.3, 0.4) is 0 Å². The molecule has 4 N–H and O–H groups in total. The fourth-order valence-electron chi connectivity index (χ4n) is 1.49. The Kier molecular flexibility index (Phi) is 3.18. The van der Waals surface area contributed by atoms with Crippen molar-refractivity contribution >= 4 is 5.95 Å². The largest absolute Gasteiger partial charge is 0.494 e. The molecule has 0 aliphatic rings. The molecule has 2 aromatic rings. The number of imidazole rings is 1. The van der Waals surface area contributed by atoms with Crippen molar-refractivity contribution in [2.45, 2.75) is 13.3 Å². The predicted molar refractivity (Wildman–Crippen MR) is 68.0 cm³/mol. The molecule has 0 saturated heterocycles. The molecule has 0 aliphatic heterocycles. The first-order valence-corrected chi connectivity index (χ1v) is 5.54. The van der Waals surface area contributed by atoms with E-state index in [1.165, 1.54) is 4.68 Å². The third-order valence-corrected chi connectivity index (χ3v) is 2.38. The van der Waals surface area contributed by atoms with Crippen LogP contribution in [0, 0.1) is 0 Å². The van der Waals surface area contributed by atoms with Crippen LogP contribution >= 0.6 is 0 Å².